The van der Waals surface area contributed by atoms with E-state index in [1.165, 1.54) is 17.0 Å². The Labute approximate surface area is 162 Å². The molecule has 0 aliphatic carbocycles. The number of hydrogen-bond acceptors (Lipinski definition) is 6. The smallest absolute Gasteiger partial charge is 0.342 e. The maximum Gasteiger partial charge on any atom is 0.342 e. The molecule has 0 saturated carbocycles. The van der Waals surface area contributed by atoms with Gasteiger partial charge in [-0.2, -0.15) is 0 Å². The normalized spacial score (nSPS) is 17.2. The van der Waals surface area contributed by atoms with Crippen LogP contribution in [-0.2, 0) is 19.4 Å². The molecule has 1 aliphatic rings. The van der Waals surface area contributed by atoms with E-state index in [2.05, 4.69) is 0 Å². The molecule has 7 nitrogen and oxygen atoms in total. The van der Waals surface area contributed by atoms with Gasteiger partial charge in [0.15, 0.2) is 16.4 Å². The van der Waals surface area contributed by atoms with Crippen LogP contribution in [0.15, 0.2) is 60.0 Å². The molecule has 0 saturated heterocycles. The zero-order valence-electron chi connectivity index (χ0n) is 15.1. The predicted octanol–water partition coefficient (Wildman–Crippen LogP) is 2.20. The van der Waals surface area contributed by atoms with Crippen LogP contribution in [0, 0.1) is 6.92 Å². The first-order valence-electron chi connectivity index (χ1n) is 8.52. The van der Waals surface area contributed by atoms with E-state index in [1.807, 2.05) is 0 Å². The van der Waals surface area contributed by atoms with Gasteiger partial charge in [-0.1, -0.05) is 30.3 Å². The highest BCUT2D eigenvalue weighted by atomic mass is 32.2. The molecule has 1 heterocycles. The molecule has 3 rings (SSSR count). The Morgan fingerprint density at radius 2 is 1.86 bits per heavy atom. The van der Waals surface area contributed by atoms with Crippen LogP contribution in [0.25, 0.3) is 0 Å². The molecule has 0 fully saturated rings. The standard InChI is InChI=1S/C20H19NO6S/c1-14-6-5-9-17(19(14)23)20(24)27-12-18(22)21(15-7-3-2-4-8-15)16-10-11-28(25,26)13-16/h2-11,16,23H,12-13H2,1H3/t16-/m1/s1. The van der Waals surface area contributed by atoms with Gasteiger partial charge in [-0.3, -0.25) is 4.79 Å². The summed E-state index contributed by atoms with van der Waals surface area (Å²) in [5.41, 5.74) is 0.962. The van der Waals surface area contributed by atoms with Gasteiger partial charge in [-0.25, -0.2) is 13.2 Å². The number of rotatable bonds is 5. The van der Waals surface area contributed by atoms with E-state index in [9.17, 15) is 23.1 Å². The van der Waals surface area contributed by atoms with E-state index >= 15 is 0 Å². The number of para-hydroxylation sites is 2. The van der Waals surface area contributed by atoms with E-state index in [1.54, 1.807) is 49.4 Å². The molecule has 0 aromatic heterocycles. The average Bonchev–Trinajstić information content (AvgIpc) is 3.02. The lowest BCUT2D eigenvalue weighted by molar-refractivity contribution is -0.121. The van der Waals surface area contributed by atoms with E-state index in [-0.39, 0.29) is 17.1 Å². The van der Waals surface area contributed by atoms with Crippen molar-refractivity contribution in [3.05, 3.63) is 71.1 Å². The minimum atomic E-state index is -3.38. The number of aryl methyl sites for hydroxylation is 1. The number of phenolic OH excluding ortho intramolecular Hbond substituents is 1. The zero-order chi connectivity index (χ0) is 20.3. The SMILES string of the molecule is Cc1cccc(C(=O)OCC(=O)N(c2ccccc2)[C@@H]2C=CS(=O)(=O)C2)c1O. The molecule has 8 heteroatoms. The monoisotopic (exact) mass is 401 g/mol. The second kappa shape index (κ2) is 7.85. The third-order valence-corrected chi connectivity index (χ3v) is 5.71. The fourth-order valence-electron chi connectivity index (χ4n) is 2.93. The van der Waals surface area contributed by atoms with Crippen molar-refractivity contribution < 1.29 is 27.9 Å². The van der Waals surface area contributed by atoms with Gasteiger partial charge < -0.3 is 14.7 Å². The first-order valence-corrected chi connectivity index (χ1v) is 10.2. The second-order valence-electron chi connectivity index (χ2n) is 6.37. The van der Waals surface area contributed by atoms with Crippen molar-refractivity contribution in [2.45, 2.75) is 13.0 Å². The van der Waals surface area contributed by atoms with Crippen molar-refractivity contribution in [1.82, 2.24) is 0 Å². The Hall–Kier alpha value is -3.13. The molecule has 1 aliphatic heterocycles. The van der Waals surface area contributed by atoms with Crippen LogP contribution in [0.1, 0.15) is 15.9 Å². The molecule has 1 N–H and O–H groups in total. The number of carbonyl (C=O) groups excluding carboxylic acids is 2. The highest BCUT2D eigenvalue weighted by molar-refractivity contribution is 7.94. The summed E-state index contributed by atoms with van der Waals surface area (Å²) in [4.78, 5) is 26.3. The van der Waals surface area contributed by atoms with Crippen LogP contribution < -0.4 is 4.90 Å². The van der Waals surface area contributed by atoms with Crippen LogP contribution in [0.2, 0.25) is 0 Å². The highest BCUT2D eigenvalue weighted by Gasteiger charge is 2.32. The van der Waals surface area contributed by atoms with Crippen LogP contribution in [-0.4, -0.2) is 43.8 Å². The summed E-state index contributed by atoms with van der Waals surface area (Å²) < 4.78 is 28.6. The van der Waals surface area contributed by atoms with Gasteiger partial charge in [0.1, 0.15) is 11.3 Å². The summed E-state index contributed by atoms with van der Waals surface area (Å²) >= 11 is 0. The number of benzene rings is 2. The van der Waals surface area contributed by atoms with Crippen LogP contribution in [0.4, 0.5) is 5.69 Å². The molecule has 0 unspecified atom stereocenters. The van der Waals surface area contributed by atoms with E-state index in [0.717, 1.165) is 5.41 Å². The summed E-state index contributed by atoms with van der Waals surface area (Å²) in [5.74, 6) is -1.85. The second-order valence-corrected chi connectivity index (χ2v) is 8.30. The molecule has 0 spiro atoms. The summed E-state index contributed by atoms with van der Waals surface area (Å²) in [6, 6.07) is 12.5. The molecule has 2 aromatic rings. The van der Waals surface area contributed by atoms with Crippen molar-refractivity contribution >= 4 is 27.4 Å². The van der Waals surface area contributed by atoms with Gasteiger partial charge in [-0.05, 0) is 36.8 Å². The van der Waals surface area contributed by atoms with Crippen molar-refractivity contribution in [3.8, 4) is 5.75 Å². The molecular formula is C20H19NO6S. The first kappa shape index (κ1) is 19.6. The molecular weight excluding hydrogens is 382 g/mol. The zero-order valence-corrected chi connectivity index (χ0v) is 15.9. The minimum Gasteiger partial charge on any atom is -0.507 e. The van der Waals surface area contributed by atoms with E-state index in [4.69, 9.17) is 4.74 Å². The maximum atomic E-state index is 12.8. The summed E-state index contributed by atoms with van der Waals surface area (Å²) in [7, 11) is -3.38. The third-order valence-electron chi connectivity index (χ3n) is 4.33. The lowest BCUT2D eigenvalue weighted by Gasteiger charge is -2.27. The number of amides is 1. The minimum absolute atomic E-state index is 0.0394. The predicted molar refractivity (Wildman–Crippen MR) is 104 cm³/mol. The van der Waals surface area contributed by atoms with Gasteiger partial charge in [0.05, 0.1) is 11.8 Å². The molecule has 2 aromatic carbocycles. The van der Waals surface area contributed by atoms with Crippen molar-refractivity contribution in [2.24, 2.45) is 0 Å². The number of phenols is 1. The Bertz CT molecular complexity index is 1030. The Balaban J connectivity index is 1.78. The number of ether oxygens (including phenoxy) is 1. The Morgan fingerprint density at radius 1 is 1.14 bits per heavy atom. The number of carbonyl (C=O) groups is 2. The number of sulfone groups is 1. The fraction of sp³-hybridized carbons (Fsp3) is 0.200. The summed E-state index contributed by atoms with van der Waals surface area (Å²) in [6.07, 6.45) is 1.44. The lowest BCUT2D eigenvalue weighted by Crippen LogP contribution is -2.43. The highest BCUT2D eigenvalue weighted by Crippen LogP contribution is 2.24. The quantitative estimate of drug-likeness (QED) is 0.771. The van der Waals surface area contributed by atoms with Crippen LogP contribution >= 0.6 is 0 Å². The van der Waals surface area contributed by atoms with Crippen LogP contribution in [0.5, 0.6) is 5.75 Å². The van der Waals surface area contributed by atoms with Crippen molar-refractivity contribution in [2.75, 3.05) is 17.3 Å². The third kappa shape index (κ3) is 4.23. The number of anilines is 1. The molecule has 0 bridgehead atoms. The first-order chi connectivity index (χ1) is 13.3. The van der Waals surface area contributed by atoms with Gasteiger partial charge in [0.2, 0.25) is 0 Å². The largest absolute Gasteiger partial charge is 0.507 e. The fourth-order valence-corrected chi connectivity index (χ4v) is 4.20. The van der Waals surface area contributed by atoms with E-state index in [0.29, 0.717) is 11.3 Å². The topological polar surface area (TPSA) is 101 Å². The lowest BCUT2D eigenvalue weighted by atomic mass is 10.1. The Morgan fingerprint density at radius 3 is 2.50 bits per heavy atom. The molecule has 146 valence electrons. The molecule has 28 heavy (non-hydrogen) atoms. The number of hydrogen-bond donors (Lipinski definition) is 1. The van der Waals surface area contributed by atoms with Crippen molar-refractivity contribution in [3.63, 3.8) is 0 Å². The summed E-state index contributed by atoms with van der Waals surface area (Å²) in [6.45, 7) is 1.05. The molecule has 1 amide bonds. The number of nitrogens with zero attached hydrogens (tertiary/aromatic N) is 1. The average molecular weight is 401 g/mol. The van der Waals surface area contributed by atoms with Gasteiger partial charge in [0.25, 0.3) is 5.91 Å². The summed E-state index contributed by atoms with van der Waals surface area (Å²) in [5, 5.41) is 11.1. The van der Waals surface area contributed by atoms with Crippen LogP contribution in [0.3, 0.4) is 0 Å². The molecule has 1 atom stereocenters. The molecule has 0 radical (unpaired) electrons. The number of aromatic hydroxyl groups is 1. The maximum absolute atomic E-state index is 12.8. The number of esters is 1. The Kier molecular flexibility index (Phi) is 5.51. The van der Waals surface area contributed by atoms with Gasteiger partial charge >= 0.3 is 5.97 Å². The van der Waals surface area contributed by atoms with Gasteiger partial charge in [-0.15, -0.1) is 0 Å². The van der Waals surface area contributed by atoms with Crippen molar-refractivity contribution in [1.29, 1.82) is 0 Å². The van der Waals surface area contributed by atoms with E-state index < -0.39 is 34.4 Å². The van der Waals surface area contributed by atoms with Gasteiger partial charge in [0, 0.05) is 11.1 Å².